The Morgan fingerprint density at radius 3 is 1.63 bits per heavy atom. The van der Waals surface area contributed by atoms with Crippen molar-refractivity contribution in [2.45, 2.75) is 72.8 Å². The molecular weight excluding hydrogens is 244 g/mol. The fourth-order valence-electron chi connectivity index (χ4n) is 1.67. The van der Waals surface area contributed by atoms with Gasteiger partial charge in [-0.05, 0) is 33.6 Å². The zero-order chi connectivity index (χ0) is 15.5. The number of hydrogen-bond acceptors (Lipinski definition) is 4. The predicted molar refractivity (Wildman–Crippen MR) is 76.8 cm³/mol. The van der Waals surface area contributed by atoms with Crippen LogP contribution in [0.25, 0.3) is 0 Å². The lowest BCUT2D eigenvalue weighted by Gasteiger charge is -2.17. The molecule has 0 bridgehead atoms. The summed E-state index contributed by atoms with van der Waals surface area (Å²) in [4.78, 5) is 21.3. The molecular formula is C15H30O4. The van der Waals surface area contributed by atoms with E-state index in [9.17, 15) is 9.59 Å². The van der Waals surface area contributed by atoms with E-state index in [4.69, 9.17) is 4.74 Å². The van der Waals surface area contributed by atoms with Crippen LogP contribution in [0.15, 0.2) is 0 Å². The van der Waals surface area contributed by atoms with Gasteiger partial charge in [0.05, 0.1) is 13.0 Å². The van der Waals surface area contributed by atoms with Crippen LogP contribution < -0.4 is 0 Å². The van der Waals surface area contributed by atoms with Gasteiger partial charge in [-0.3, -0.25) is 9.59 Å². The van der Waals surface area contributed by atoms with Crippen LogP contribution in [0, 0.1) is 5.92 Å². The van der Waals surface area contributed by atoms with Crippen LogP contribution in [-0.2, 0) is 19.1 Å². The largest absolute Gasteiger partial charge is 0.469 e. The van der Waals surface area contributed by atoms with E-state index in [0.717, 1.165) is 25.7 Å². The summed E-state index contributed by atoms with van der Waals surface area (Å²) >= 11 is 0. The molecule has 0 spiro atoms. The molecule has 0 fully saturated rings. The van der Waals surface area contributed by atoms with Crippen LogP contribution in [0.2, 0.25) is 0 Å². The first-order chi connectivity index (χ1) is 8.67. The van der Waals surface area contributed by atoms with Gasteiger partial charge in [-0.15, -0.1) is 0 Å². The Bertz CT molecular complexity index is 247. The molecule has 0 heterocycles. The number of methoxy groups -OCH3 is 1. The monoisotopic (exact) mass is 274 g/mol. The third kappa shape index (κ3) is 14.9. The SMILES string of the molecule is CC(=O)OC(C)(C)C.CCCC(CCC)C(=O)OC. The quantitative estimate of drug-likeness (QED) is 0.717. The topological polar surface area (TPSA) is 52.6 Å². The molecule has 0 aromatic carbocycles. The number of hydrogen-bond donors (Lipinski definition) is 0. The Labute approximate surface area is 117 Å². The minimum absolute atomic E-state index is 0.0475. The van der Waals surface area contributed by atoms with Crippen molar-refractivity contribution in [1.29, 1.82) is 0 Å². The van der Waals surface area contributed by atoms with Gasteiger partial charge in [0.1, 0.15) is 5.60 Å². The summed E-state index contributed by atoms with van der Waals surface area (Å²) in [6.45, 7) is 11.1. The lowest BCUT2D eigenvalue weighted by molar-refractivity contribution is -0.152. The minimum Gasteiger partial charge on any atom is -0.469 e. The summed E-state index contributed by atoms with van der Waals surface area (Å²) in [5.74, 6) is -0.138. The first kappa shape index (κ1) is 20.3. The molecule has 0 aromatic heterocycles. The normalized spacial score (nSPS) is 10.5. The first-order valence-corrected chi connectivity index (χ1v) is 6.95. The molecule has 0 amide bonds. The summed E-state index contributed by atoms with van der Waals surface area (Å²) in [5.41, 5.74) is -0.328. The minimum atomic E-state index is -0.328. The van der Waals surface area contributed by atoms with Crippen LogP contribution in [0.4, 0.5) is 0 Å². The molecule has 0 saturated heterocycles. The van der Waals surface area contributed by atoms with Gasteiger partial charge in [0.15, 0.2) is 0 Å². The van der Waals surface area contributed by atoms with E-state index < -0.39 is 0 Å². The highest BCUT2D eigenvalue weighted by atomic mass is 16.6. The van der Waals surface area contributed by atoms with Crippen LogP contribution in [0.3, 0.4) is 0 Å². The smallest absolute Gasteiger partial charge is 0.308 e. The molecule has 0 aliphatic rings. The van der Waals surface area contributed by atoms with Crippen molar-refractivity contribution in [3.63, 3.8) is 0 Å². The lowest BCUT2D eigenvalue weighted by atomic mass is 9.99. The third-order valence-electron chi connectivity index (χ3n) is 2.26. The summed E-state index contributed by atoms with van der Waals surface area (Å²) < 4.78 is 9.48. The predicted octanol–water partition coefficient (Wildman–Crippen LogP) is 3.72. The molecule has 0 atom stereocenters. The molecule has 0 saturated carbocycles. The lowest BCUT2D eigenvalue weighted by Crippen LogP contribution is -2.21. The van der Waals surface area contributed by atoms with Crippen LogP contribution >= 0.6 is 0 Å². The Balaban J connectivity index is 0. The van der Waals surface area contributed by atoms with Crippen LogP contribution in [0.5, 0.6) is 0 Å². The van der Waals surface area contributed by atoms with Gasteiger partial charge in [-0.25, -0.2) is 0 Å². The Morgan fingerprint density at radius 2 is 1.47 bits per heavy atom. The number of esters is 2. The number of carbonyl (C=O) groups is 2. The van der Waals surface area contributed by atoms with Crippen molar-refractivity contribution in [3.8, 4) is 0 Å². The maximum Gasteiger partial charge on any atom is 0.308 e. The van der Waals surface area contributed by atoms with E-state index >= 15 is 0 Å². The second-order valence-corrected chi connectivity index (χ2v) is 5.50. The second kappa shape index (κ2) is 10.8. The van der Waals surface area contributed by atoms with Crippen molar-refractivity contribution in [2.24, 2.45) is 5.92 Å². The average Bonchev–Trinajstić information content (AvgIpc) is 2.25. The number of carbonyl (C=O) groups excluding carboxylic acids is 2. The summed E-state index contributed by atoms with van der Waals surface area (Å²) in [6, 6.07) is 0. The Kier molecular flexibility index (Phi) is 11.5. The molecule has 0 rings (SSSR count). The van der Waals surface area contributed by atoms with E-state index in [1.165, 1.54) is 14.0 Å². The van der Waals surface area contributed by atoms with Gasteiger partial charge in [0.25, 0.3) is 0 Å². The van der Waals surface area contributed by atoms with Gasteiger partial charge in [-0.1, -0.05) is 26.7 Å². The highest BCUT2D eigenvalue weighted by molar-refractivity contribution is 5.72. The molecule has 0 aliphatic heterocycles. The Morgan fingerprint density at radius 1 is 1.05 bits per heavy atom. The molecule has 114 valence electrons. The standard InChI is InChI=1S/C9H18O2.C6H12O2/c1-4-6-8(7-5-2)9(10)11-3;1-5(7)8-6(2,3)4/h8H,4-7H2,1-3H3;1-4H3. The summed E-state index contributed by atoms with van der Waals surface area (Å²) in [5, 5.41) is 0. The van der Waals surface area contributed by atoms with Gasteiger partial charge in [-0.2, -0.15) is 0 Å². The molecule has 19 heavy (non-hydrogen) atoms. The highest BCUT2D eigenvalue weighted by Crippen LogP contribution is 2.14. The highest BCUT2D eigenvalue weighted by Gasteiger charge is 2.16. The van der Waals surface area contributed by atoms with Crippen molar-refractivity contribution in [3.05, 3.63) is 0 Å². The van der Waals surface area contributed by atoms with E-state index in [0.29, 0.717) is 0 Å². The molecule has 4 nitrogen and oxygen atoms in total. The Hall–Kier alpha value is -1.06. The second-order valence-electron chi connectivity index (χ2n) is 5.50. The number of ether oxygens (including phenoxy) is 2. The molecule has 0 N–H and O–H groups in total. The maximum atomic E-state index is 11.1. The van der Waals surface area contributed by atoms with E-state index in [-0.39, 0.29) is 23.5 Å². The molecule has 0 aliphatic carbocycles. The van der Waals surface area contributed by atoms with Gasteiger partial charge in [0.2, 0.25) is 0 Å². The van der Waals surface area contributed by atoms with Gasteiger partial charge < -0.3 is 9.47 Å². The molecule has 4 heteroatoms. The van der Waals surface area contributed by atoms with E-state index in [1.807, 2.05) is 20.8 Å². The van der Waals surface area contributed by atoms with Crippen LogP contribution in [-0.4, -0.2) is 24.6 Å². The third-order valence-corrected chi connectivity index (χ3v) is 2.26. The molecule has 0 aromatic rings. The first-order valence-electron chi connectivity index (χ1n) is 6.95. The zero-order valence-corrected chi connectivity index (χ0v) is 13.5. The van der Waals surface area contributed by atoms with E-state index in [1.54, 1.807) is 0 Å². The zero-order valence-electron chi connectivity index (χ0n) is 13.5. The number of rotatable bonds is 5. The average molecular weight is 274 g/mol. The van der Waals surface area contributed by atoms with E-state index in [2.05, 4.69) is 18.6 Å². The van der Waals surface area contributed by atoms with Crippen molar-refractivity contribution in [1.82, 2.24) is 0 Å². The molecule has 0 radical (unpaired) electrons. The fourth-order valence-corrected chi connectivity index (χ4v) is 1.67. The summed E-state index contributed by atoms with van der Waals surface area (Å²) in [7, 11) is 1.46. The van der Waals surface area contributed by atoms with Crippen LogP contribution in [0.1, 0.15) is 67.2 Å². The van der Waals surface area contributed by atoms with Crippen molar-refractivity contribution >= 4 is 11.9 Å². The molecule has 0 unspecified atom stereocenters. The van der Waals surface area contributed by atoms with Gasteiger partial charge in [0, 0.05) is 6.92 Å². The van der Waals surface area contributed by atoms with Gasteiger partial charge >= 0.3 is 11.9 Å². The maximum absolute atomic E-state index is 11.1. The fraction of sp³-hybridized carbons (Fsp3) is 0.867. The van der Waals surface area contributed by atoms with Crippen molar-refractivity contribution in [2.75, 3.05) is 7.11 Å². The summed E-state index contributed by atoms with van der Waals surface area (Å²) in [6.07, 6.45) is 4.03. The van der Waals surface area contributed by atoms with Crippen molar-refractivity contribution < 1.29 is 19.1 Å².